The maximum atomic E-state index is 5.57. The summed E-state index contributed by atoms with van der Waals surface area (Å²) in [6.45, 7) is 1.94. The van der Waals surface area contributed by atoms with Crippen LogP contribution in [0.3, 0.4) is 0 Å². The van der Waals surface area contributed by atoms with Crippen LogP contribution in [0.4, 0.5) is 11.4 Å². The lowest BCUT2D eigenvalue weighted by molar-refractivity contribution is 1.47. The van der Waals surface area contributed by atoms with Crippen molar-refractivity contribution in [2.75, 3.05) is 10.6 Å². The fourth-order valence-electron chi connectivity index (χ4n) is 0.734. The number of nitrogens with two attached hydrogens (primary N) is 1. The molecular formula is C7H9ClN2. The summed E-state index contributed by atoms with van der Waals surface area (Å²) >= 11 is 5.36. The Morgan fingerprint density at radius 1 is 1.50 bits per heavy atom. The van der Waals surface area contributed by atoms with Crippen molar-refractivity contribution in [3.05, 3.63) is 23.8 Å². The molecule has 0 aliphatic rings. The molecule has 0 aliphatic carbocycles. The van der Waals surface area contributed by atoms with Crippen LogP contribution in [0, 0.1) is 6.92 Å². The van der Waals surface area contributed by atoms with Gasteiger partial charge in [-0.05, 0) is 30.7 Å². The molecule has 0 saturated heterocycles. The second-order valence-electron chi connectivity index (χ2n) is 2.17. The zero-order valence-electron chi connectivity index (χ0n) is 5.69. The molecule has 10 heavy (non-hydrogen) atoms. The monoisotopic (exact) mass is 156 g/mol. The van der Waals surface area contributed by atoms with Crippen LogP contribution in [0.15, 0.2) is 18.2 Å². The van der Waals surface area contributed by atoms with E-state index in [0.29, 0.717) is 0 Å². The van der Waals surface area contributed by atoms with Crippen LogP contribution in [0.5, 0.6) is 0 Å². The molecule has 0 unspecified atom stereocenters. The summed E-state index contributed by atoms with van der Waals surface area (Å²) in [4.78, 5) is 2.51. The molecule has 0 bridgehead atoms. The number of nitrogens with one attached hydrogen (secondary N) is 1. The summed E-state index contributed by atoms with van der Waals surface area (Å²) in [5.74, 6) is 0. The Hall–Kier alpha value is -0.890. The van der Waals surface area contributed by atoms with Crippen molar-refractivity contribution >= 4 is 23.2 Å². The van der Waals surface area contributed by atoms with E-state index in [1.807, 2.05) is 25.1 Å². The van der Waals surface area contributed by atoms with E-state index < -0.39 is 0 Å². The number of hydrogen-bond acceptors (Lipinski definition) is 2. The third-order valence-corrected chi connectivity index (χ3v) is 1.60. The number of halogens is 1. The molecule has 0 spiro atoms. The third-order valence-electron chi connectivity index (χ3n) is 1.38. The first-order valence-corrected chi connectivity index (χ1v) is 3.34. The Morgan fingerprint density at radius 3 is 2.70 bits per heavy atom. The zero-order valence-corrected chi connectivity index (χ0v) is 6.44. The van der Waals surface area contributed by atoms with Gasteiger partial charge >= 0.3 is 0 Å². The Bertz CT molecular complexity index is 235. The highest BCUT2D eigenvalue weighted by atomic mass is 35.5. The van der Waals surface area contributed by atoms with Gasteiger partial charge in [0.25, 0.3) is 0 Å². The average molecular weight is 157 g/mol. The topological polar surface area (TPSA) is 38.0 Å². The van der Waals surface area contributed by atoms with E-state index in [-0.39, 0.29) is 0 Å². The molecule has 3 N–H and O–H groups in total. The first kappa shape index (κ1) is 7.22. The van der Waals surface area contributed by atoms with Crippen molar-refractivity contribution in [1.82, 2.24) is 0 Å². The van der Waals surface area contributed by atoms with Gasteiger partial charge in [-0.25, -0.2) is 0 Å². The quantitative estimate of drug-likeness (QED) is 0.483. The maximum Gasteiger partial charge on any atom is 0.0495 e. The molecule has 3 heteroatoms. The molecule has 2 nitrogen and oxygen atoms in total. The summed E-state index contributed by atoms with van der Waals surface area (Å²) in [6, 6.07) is 5.54. The highest BCUT2D eigenvalue weighted by molar-refractivity contribution is 6.24. The minimum Gasteiger partial charge on any atom is -0.399 e. The molecule has 0 atom stereocenters. The average Bonchev–Trinajstić information content (AvgIpc) is 1.95. The van der Waals surface area contributed by atoms with Gasteiger partial charge in [-0.15, -0.1) is 0 Å². The van der Waals surface area contributed by atoms with Gasteiger partial charge in [-0.2, -0.15) is 0 Å². The molecule has 1 aromatic carbocycles. The van der Waals surface area contributed by atoms with E-state index in [0.717, 1.165) is 16.9 Å². The maximum absolute atomic E-state index is 5.57. The zero-order chi connectivity index (χ0) is 7.56. The highest BCUT2D eigenvalue weighted by Crippen LogP contribution is 2.16. The predicted octanol–water partition coefficient (Wildman–Crippen LogP) is 2.14. The van der Waals surface area contributed by atoms with Gasteiger partial charge in [-0.3, -0.25) is 4.84 Å². The van der Waals surface area contributed by atoms with E-state index in [2.05, 4.69) is 4.84 Å². The van der Waals surface area contributed by atoms with Gasteiger partial charge in [-0.1, -0.05) is 0 Å². The largest absolute Gasteiger partial charge is 0.399 e. The first-order chi connectivity index (χ1) is 4.74. The van der Waals surface area contributed by atoms with E-state index in [1.54, 1.807) is 0 Å². The lowest BCUT2D eigenvalue weighted by atomic mass is 10.2. The molecule has 54 valence electrons. The van der Waals surface area contributed by atoms with Gasteiger partial charge < -0.3 is 5.73 Å². The predicted molar refractivity (Wildman–Crippen MR) is 45.1 cm³/mol. The molecular weight excluding hydrogens is 148 g/mol. The van der Waals surface area contributed by atoms with Crippen LogP contribution in [-0.2, 0) is 0 Å². The van der Waals surface area contributed by atoms with Crippen molar-refractivity contribution in [1.29, 1.82) is 0 Å². The van der Waals surface area contributed by atoms with Crippen LogP contribution < -0.4 is 10.6 Å². The molecule has 0 fully saturated rings. The fourth-order valence-corrected chi connectivity index (χ4v) is 0.852. The number of anilines is 2. The van der Waals surface area contributed by atoms with Crippen LogP contribution in [-0.4, -0.2) is 0 Å². The van der Waals surface area contributed by atoms with Gasteiger partial charge in [0, 0.05) is 23.2 Å². The van der Waals surface area contributed by atoms with Crippen molar-refractivity contribution < 1.29 is 0 Å². The van der Waals surface area contributed by atoms with Gasteiger partial charge in [0.05, 0.1) is 0 Å². The van der Waals surface area contributed by atoms with E-state index >= 15 is 0 Å². The molecule has 0 aliphatic heterocycles. The van der Waals surface area contributed by atoms with Crippen LogP contribution in [0.1, 0.15) is 5.56 Å². The van der Waals surface area contributed by atoms with Crippen LogP contribution in [0.2, 0.25) is 0 Å². The molecule has 0 saturated carbocycles. The number of benzene rings is 1. The summed E-state index contributed by atoms with van der Waals surface area (Å²) in [7, 11) is 0. The smallest absolute Gasteiger partial charge is 0.0495 e. The summed E-state index contributed by atoms with van der Waals surface area (Å²) < 4.78 is 0. The molecule has 1 rings (SSSR count). The second kappa shape index (κ2) is 2.80. The van der Waals surface area contributed by atoms with E-state index in [1.165, 1.54) is 0 Å². The summed E-state index contributed by atoms with van der Waals surface area (Å²) in [6.07, 6.45) is 0. The van der Waals surface area contributed by atoms with Crippen molar-refractivity contribution in [3.63, 3.8) is 0 Å². The number of hydrogen-bond donors (Lipinski definition) is 2. The van der Waals surface area contributed by atoms with Gasteiger partial charge in [0.15, 0.2) is 0 Å². The SMILES string of the molecule is Cc1cc(NCl)ccc1N. The second-order valence-corrected chi connectivity index (χ2v) is 2.35. The van der Waals surface area contributed by atoms with Crippen LogP contribution >= 0.6 is 11.8 Å². The van der Waals surface area contributed by atoms with E-state index in [9.17, 15) is 0 Å². The third kappa shape index (κ3) is 1.33. The minimum absolute atomic E-state index is 0.788. The van der Waals surface area contributed by atoms with E-state index in [4.69, 9.17) is 17.5 Å². The summed E-state index contributed by atoms with van der Waals surface area (Å²) in [5, 5.41) is 0. The van der Waals surface area contributed by atoms with Crippen molar-refractivity contribution in [2.24, 2.45) is 0 Å². The molecule has 1 aromatic rings. The van der Waals surface area contributed by atoms with Crippen molar-refractivity contribution in [2.45, 2.75) is 6.92 Å². The first-order valence-electron chi connectivity index (χ1n) is 2.97. The van der Waals surface area contributed by atoms with Crippen molar-refractivity contribution in [3.8, 4) is 0 Å². The molecule has 0 amide bonds. The summed E-state index contributed by atoms with van der Waals surface area (Å²) in [5.41, 5.74) is 8.26. The highest BCUT2D eigenvalue weighted by Gasteiger charge is 1.93. The number of aryl methyl sites for hydroxylation is 1. The number of nitrogen functional groups attached to an aromatic ring is 1. The van der Waals surface area contributed by atoms with Gasteiger partial charge in [0.2, 0.25) is 0 Å². The standard InChI is InChI=1S/C7H9ClN2/c1-5-4-6(10-8)2-3-7(5)9/h2-4,10H,9H2,1H3. The fraction of sp³-hybridized carbons (Fsp3) is 0.143. The lowest BCUT2D eigenvalue weighted by Crippen LogP contribution is -1.89. The molecule has 0 aromatic heterocycles. The molecule has 0 heterocycles. The Labute approximate surface area is 65.1 Å². The Kier molecular flexibility index (Phi) is 2.02. The van der Waals surface area contributed by atoms with Gasteiger partial charge in [0.1, 0.15) is 0 Å². The number of rotatable bonds is 1. The normalized spacial score (nSPS) is 9.40. The van der Waals surface area contributed by atoms with Crippen LogP contribution in [0.25, 0.3) is 0 Å². The Morgan fingerprint density at radius 2 is 2.20 bits per heavy atom. The minimum atomic E-state index is 0.788. The lowest BCUT2D eigenvalue weighted by Gasteiger charge is -2.01. The molecule has 0 radical (unpaired) electrons. The Balaban J connectivity index is 3.04.